The molecule has 0 aliphatic rings. The van der Waals surface area contributed by atoms with Gasteiger partial charge in [-0.25, -0.2) is 0 Å². The summed E-state index contributed by atoms with van der Waals surface area (Å²) < 4.78 is 0. The zero-order chi connectivity index (χ0) is 15.7. The van der Waals surface area contributed by atoms with Gasteiger partial charge in [0.1, 0.15) is 0 Å². The SMILES string of the molecule is CN(C)CCNC(=O)c1ccc(CNC(=O)CCN)cc1.Cl.Cl. The van der Waals surface area contributed by atoms with E-state index in [9.17, 15) is 9.59 Å². The van der Waals surface area contributed by atoms with E-state index in [1.807, 2.05) is 31.1 Å². The molecule has 1 aromatic carbocycles. The third-order valence-electron chi connectivity index (χ3n) is 2.92. The maximum Gasteiger partial charge on any atom is 0.251 e. The van der Waals surface area contributed by atoms with E-state index in [2.05, 4.69) is 10.6 Å². The summed E-state index contributed by atoms with van der Waals surface area (Å²) in [6.07, 6.45) is 0.326. The second-order valence-electron chi connectivity index (χ2n) is 5.07. The number of hydrogen-bond donors (Lipinski definition) is 3. The van der Waals surface area contributed by atoms with Crippen molar-refractivity contribution in [3.8, 4) is 0 Å². The molecular formula is C15H26Cl2N4O2. The number of nitrogens with two attached hydrogens (primary N) is 1. The second-order valence-corrected chi connectivity index (χ2v) is 5.07. The highest BCUT2D eigenvalue weighted by Gasteiger charge is 2.05. The molecule has 0 fully saturated rings. The first kappa shape index (κ1) is 23.9. The summed E-state index contributed by atoms with van der Waals surface area (Å²) in [5.74, 6) is -0.154. The molecule has 0 spiro atoms. The third-order valence-corrected chi connectivity index (χ3v) is 2.92. The Morgan fingerprint density at radius 2 is 1.70 bits per heavy atom. The average Bonchev–Trinajstić information content (AvgIpc) is 2.45. The molecule has 1 rings (SSSR count). The summed E-state index contributed by atoms with van der Waals surface area (Å²) in [6, 6.07) is 7.19. The molecule has 8 heteroatoms. The van der Waals surface area contributed by atoms with Crippen LogP contribution in [0.2, 0.25) is 0 Å². The number of nitrogens with one attached hydrogen (secondary N) is 2. The topological polar surface area (TPSA) is 87.5 Å². The van der Waals surface area contributed by atoms with Crippen molar-refractivity contribution in [2.45, 2.75) is 13.0 Å². The van der Waals surface area contributed by atoms with Crippen LogP contribution < -0.4 is 16.4 Å². The summed E-state index contributed by atoms with van der Waals surface area (Å²) in [4.78, 5) is 25.2. The fourth-order valence-electron chi connectivity index (χ4n) is 1.69. The monoisotopic (exact) mass is 364 g/mol. The van der Waals surface area contributed by atoms with Crippen LogP contribution in [0.4, 0.5) is 0 Å². The lowest BCUT2D eigenvalue weighted by atomic mass is 10.1. The third kappa shape index (κ3) is 10.1. The fraction of sp³-hybridized carbons (Fsp3) is 0.467. The van der Waals surface area contributed by atoms with Crippen LogP contribution in [0, 0.1) is 0 Å². The smallest absolute Gasteiger partial charge is 0.251 e. The zero-order valence-electron chi connectivity index (χ0n) is 13.5. The molecule has 1 aromatic rings. The van der Waals surface area contributed by atoms with E-state index in [1.54, 1.807) is 12.1 Å². The number of halogens is 2. The Hall–Kier alpha value is -1.34. The maximum absolute atomic E-state index is 11.9. The van der Waals surface area contributed by atoms with E-state index in [-0.39, 0.29) is 36.6 Å². The molecule has 0 heterocycles. The maximum atomic E-state index is 11.9. The molecule has 2 amide bonds. The van der Waals surface area contributed by atoms with E-state index in [4.69, 9.17) is 5.73 Å². The van der Waals surface area contributed by atoms with Gasteiger partial charge in [0, 0.05) is 38.2 Å². The Balaban J connectivity index is 0. The molecule has 4 N–H and O–H groups in total. The van der Waals surface area contributed by atoms with E-state index in [1.165, 1.54) is 0 Å². The van der Waals surface area contributed by atoms with Crippen LogP contribution in [0.3, 0.4) is 0 Å². The Morgan fingerprint density at radius 1 is 1.09 bits per heavy atom. The largest absolute Gasteiger partial charge is 0.352 e. The van der Waals surface area contributed by atoms with Crippen molar-refractivity contribution in [2.75, 3.05) is 33.7 Å². The van der Waals surface area contributed by atoms with Crippen LogP contribution in [0.1, 0.15) is 22.3 Å². The number of carbonyl (C=O) groups excluding carboxylic acids is 2. The number of likely N-dealkylation sites (N-methyl/N-ethyl adjacent to an activating group) is 1. The number of nitrogens with zero attached hydrogens (tertiary/aromatic N) is 1. The summed E-state index contributed by atoms with van der Waals surface area (Å²) in [7, 11) is 3.92. The van der Waals surface area contributed by atoms with Crippen LogP contribution in [-0.2, 0) is 11.3 Å². The van der Waals surface area contributed by atoms with Crippen molar-refractivity contribution in [2.24, 2.45) is 5.73 Å². The molecule has 0 saturated carbocycles. The molecule has 6 nitrogen and oxygen atoms in total. The van der Waals surface area contributed by atoms with Crippen molar-refractivity contribution in [3.63, 3.8) is 0 Å². The second kappa shape index (κ2) is 13.1. The van der Waals surface area contributed by atoms with Gasteiger partial charge < -0.3 is 21.3 Å². The fourth-order valence-corrected chi connectivity index (χ4v) is 1.69. The molecule has 0 aliphatic carbocycles. The van der Waals surface area contributed by atoms with Gasteiger partial charge in [-0.1, -0.05) is 12.1 Å². The number of hydrogen-bond acceptors (Lipinski definition) is 4. The predicted molar refractivity (Wildman–Crippen MR) is 97.3 cm³/mol. The Labute approximate surface area is 150 Å². The van der Waals surface area contributed by atoms with Crippen LogP contribution in [0.25, 0.3) is 0 Å². The van der Waals surface area contributed by atoms with Gasteiger partial charge in [0.05, 0.1) is 0 Å². The molecule has 0 aliphatic heterocycles. The van der Waals surface area contributed by atoms with E-state index >= 15 is 0 Å². The van der Waals surface area contributed by atoms with Gasteiger partial charge in [-0.15, -0.1) is 24.8 Å². The minimum atomic E-state index is -0.0874. The summed E-state index contributed by atoms with van der Waals surface area (Å²) >= 11 is 0. The van der Waals surface area contributed by atoms with Crippen LogP contribution in [0.5, 0.6) is 0 Å². The van der Waals surface area contributed by atoms with Gasteiger partial charge in [0.25, 0.3) is 5.91 Å². The van der Waals surface area contributed by atoms with Crippen LogP contribution in [0.15, 0.2) is 24.3 Å². The lowest BCUT2D eigenvalue weighted by Gasteiger charge is -2.10. The summed E-state index contributed by atoms with van der Waals surface area (Å²) in [5, 5.41) is 5.62. The van der Waals surface area contributed by atoms with Crippen LogP contribution in [-0.4, -0.2) is 50.4 Å². The predicted octanol–water partition coefficient (Wildman–Crippen LogP) is 0.787. The first-order valence-corrected chi connectivity index (χ1v) is 7.01. The van der Waals surface area contributed by atoms with E-state index in [0.29, 0.717) is 31.6 Å². The molecule has 0 bridgehead atoms. The van der Waals surface area contributed by atoms with E-state index in [0.717, 1.165) is 12.1 Å². The summed E-state index contributed by atoms with van der Waals surface area (Å²) in [6.45, 7) is 2.21. The lowest BCUT2D eigenvalue weighted by Crippen LogP contribution is -2.31. The van der Waals surface area contributed by atoms with Gasteiger partial charge in [-0.2, -0.15) is 0 Å². The van der Waals surface area contributed by atoms with Gasteiger partial charge in [0.15, 0.2) is 0 Å². The lowest BCUT2D eigenvalue weighted by molar-refractivity contribution is -0.121. The molecule has 0 atom stereocenters. The number of benzene rings is 1. The minimum absolute atomic E-state index is 0. The minimum Gasteiger partial charge on any atom is -0.352 e. The molecule has 0 aromatic heterocycles. The zero-order valence-corrected chi connectivity index (χ0v) is 15.1. The van der Waals surface area contributed by atoms with Gasteiger partial charge in [-0.3, -0.25) is 9.59 Å². The first-order chi connectivity index (χ1) is 10.0. The normalized spacial score (nSPS) is 9.57. The highest BCUT2D eigenvalue weighted by Crippen LogP contribution is 2.04. The Morgan fingerprint density at radius 3 is 2.22 bits per heavy atom. The van der Waals surface area contributed by atoms with Crippen molar-refractivity contribution in [1.82, 2.24) is 15.5 Å². The van der Waals surface area contributed by atoms with Gasteiger partial charge in [0.2, 0.25) is 5.91 Å². The van der Waals surface area contributed by atoms with Crippen molar-refractivity contribution < 1.29 is 9.59 Å². The highest BCUT2D eigenvalue weighted by atomic mass is 35.5. The Kier molecular flexibility index (Phi) is 13.7. The van der Waals surface area contributed by atoms with Gasteiger partial charge >= 0.3 is 0 Å². The molecule has 0 unspecified atom stereocenters. The number of carbonyl (C=O) groups is 2. The number of rotatable bonds is 8. The molecule has 0 saturated heterocycles. The van der Waals surface area contributed by atoms with Crippen LogP contribution >= 0.6 is 24.8 Å². The van der Waals surface area contributed by atoms with Crippen molar-refractivity contribution in [3.05, 3.63) is 35.4 Å². The summed E-state index contributed by atoms with van der Waals surface area (Å²) in [5.41, 5.74) is 6.87. The molecular weight excluding hydrogens is 339 g/mol. The molecule has 23 heavy (non-hydrogen) atoms. The average molecular weight is 365 g/mol. The first-order valence-electron chi connectivity index (χ1n) is 7.01. The number of amides is 2. The van der Waals surface area contributed by atoms with Crippen molar-refractivity contribution >= 4 is 36.6 Å². The standard InChI is InChI=1S/C15H24N4O2.2ClH/c1-19(2)10-9-17-15(21)13-5-3-12(4-6-13)11-18-14(20)7-8-16;;/h3-6H,7-11,16H2,1-2H3,(H,17,21)(H,18,20);2*1H. The van der Waals surface area contributed by atoms with Crippen molar-refractivity contribution in [1.29, 1.82) is 0 Å². The Bertz CT molecular complexity index is 467. The van der Waals surface area contributed by atoms with Gasteiger partial charge in [-0.05, 0) is 31.8 Å². The quantitative estimate of drug-likeness (QED) is 0.636. The van der Waals surface area contributed by atoms with E-state index < -0.39 is 0 Å². The highest BCUT2D eigenvalue weighted by molar-refractivity contribution is 5.94. The molecule has 0 radical (unpaired) electrons. The molecule has 132 valence electrons.